The highest BCUT2D eigenvalue weighted by molar-refractivity contribution is 6.31. The van der Waals surface area contributed by atoms with Crippen LogP contribution >= 0.6 is 11.6 Å². The number of halogens is 5. The summed E-state index contributed by atoms with van der Waals surface area (Å²) < 4.78 is 54.3. The molecule has 0 atom stereocenters. The van der Waals surface area contributed by atoms with Crippen molar-refractivity contribution in [2.75, 3.05) is 0 Å². The van der Waals surface area contributed by atoms with Crippen LogP contribution in [0.15, 0.2) is 42.5 Å². The number of hydrogen-bond acceptors (Lipinski definition) is 2. The van der Waals surface area contributed by atoms with Gasteiger partial charge in [0.15, 0.2) is 5.78 Å². The first-order valence-corrected chi connectivity index (χ1v) is 6.00. The summed E-state index contributed by atoms with van der Waals surface area (Å²) in [5.41, 5.74) is -0.836. The lowest BCUT2D eigenvalue weighted by molar-refractivity contribution is -0.274. The summed E-state index contributed by atoms with van der Waals surface area (Å²) in [7, 11) is 0. The molecule has 0 saturated heterocycles. The second-order valence-electron chi connectivity index (χ2n) is 4.00. The topological polar surface area (TPSA) is 26.3 Å². The van der Waals surface area contributed by atoms with Crippen molar-refractivity contribution in [1.29, 1.82) is 0 Å². The molecule has 0 aliphatic carbocycles. The minimum Gasteiger partial charge on any atom is -0.405 e. The standard InChI is InChI=1S/C14H7ClF4O2/c15-8-5-6-11(16)10(7-8)13(20)9-3-1-2-4-12(9)21-14(17,18)19/h1-7H. The molecule has 0 N–H and O–H groups in total. The minimum absolute atomic E-state index is 0.0916. The Morgan fingerprint density at radius 3 is 2.38 bits per heavy atom. The third kappa shape index (κ3) is 3.72. The van der Waals surface area contributed by atoms with Crippen LogP contribution in [-0.2, 0) is 0 Å². The van der Waals surface area contributed by atoms with Crippen molar-refractivity contribution in [3.63, 3.8) is 0 Å². The summed E-state index contributed by atoms with van der Waals surface area (Å²) in [6, 6.07) is 7.94. The molecule has 21 heavy (non-hydrogen) atoms. The van der Waals surface area contributed by atoms with E-state index in [9.17, 15) is 22.4 Å². The van der Waals surface area contributed by atoms with Gasteiger partial charge in [0, 0.05) is 5.02 Å². The zero-order chi connectivity index (χ0) is 15.6. The Balaban J connectivity index is 2.46. The molecule has 0 aliphatic heterocycles. The van der Waals surface area contributed by atoms with Crippen LogP contribution in [0, 0.1) is 5.82 Å². The van der Waals surface area contributed by atoms with Crippen molar-refractivity contribution in [2.24, 2.45) is 0 Å². The normalized spacial score (nSPS) is 11.3. The Labute approximate surface area is 121 Å². The lowest BCUT2D eigenvalue weighted by Crippen LogP contribution is -2.19. The number of benzene rings is 2. The van der Waals surface area contributed by atoms with Crippen molar-refractivity contribution < 1.29 is 27.1 Å². The van der Waals surface area contributed by atoms with Crippen LogP contribution in [0.2, 0.25) is 5.02 Å². The Bertz CT molecular complexity index is 683. The van der Waals surface area contributed by atoms with Gasteiger partial charge in [-0.2, -0.15) is 0 Å². The van der Waals surface area contributed by atoms with Gasteiger partial charge in [0.05, 0.1) is 11.1 Å². The Morgan fingerprint density at radius 2 is 1.71 bits per heavy atom. The number of rotatable bonds is 3. The van der Waals surface area contributed by atoms with Crippen LogP contribution < -0.4 is 4.74 Å². The van der Waals surface area contributed by atoms with Crippen LogP contribution in [0.5, 0.6) is 5.75 Å². The van der Waals surface area contributed by atoms with Crippen molar-refractivity contribution in [1.82, 2.24) is 0 Å². The van der Waals surface area contributed by atoms with Crippen LogP contribution in [0.1, 0.15) is 15.9 Å². The number of ether oxygens (including phenoxy) is 1. The van der Waals surface area contributed by atoms with Crippen molar-refractivity contribution in [2.45, 2.75) is 6.36 Å². The maximum Gasteiger partial charge on any atom is 0.573 e. The SMILES string of the molecule is O=C(c1cc(Cl)ccc1F)c1ccccc1OC(F)(F)F. The van der Waals surface area contributed by atoms with Crippen LogP contribution in [0.4, 0.5) is 17.6 Å². The van der Waals surface area contributed by atoms with Crippen molar-refractivity contribution in [3.8, 4) is 5.75 Å². The smallest absolute Gasteiger partial charge is 0.405 e. The molecule has 2 rings (SSSR count). The third-order valence-corrected chi connectivity index (χ3v) is 2.77. The average Bonchev–Trinajstić information content (AvgIpc) is 2.39. The zero-order valence-electron chi connectivity index (χ0n) is 10.2. The first-order valence-electron chi connectivity index (χ1n) is 5.62. The molecule has 0 radical (unpaired) electrons. The maximum atomic E-state index is 13.6. The van der Waals surface area contributed by atoms with E-state index in [2.05, 4.69) is 4.74 Å². The highest BCUT2D eigenvalue weighted by atomic mass is 35.5. The molecule has 0 aliphatic rings. The lowest BCUT2D eigenvalue weighted by atomic mass is 10.0. The molecule has 0 unspecified atom stereocenters. The fourth-order valence-corrected chi connectivity index (χ4v) is 1.86. The molecule has 0 heterocycles. The fourth-order valence-electron chi connectivity index (χ4n) is 1.68. The Hall–Kier alpha value is -2.08. The summed E-state index contributed by atoms with van der Waals surface area (Å²) in [6.45, 7) is 0. The predicted molar refractivity (Wildman–Crippen MR) is 68.0 cm³/mol. The van der Waals surface area contributed by atoms with E-state index in [1.54, 1.807) is 0 Å². The van der Waals surface area contributed by atoms with Gasteiger partial charge in [-0.05, 0) is 30.3 Å². The third-order valence-electron chi connectivity index (χ3n) is 2.53. The molecule has 0 amide bonds. The van der Waals surface area contributed by atoms with Gasteiger partial charge in [0.1, 0.15) is 11.6 Å². The first-order chi connectivity index (χ1) is 9.78. The summed E-state index contributed by atoms with van der Waals surface area (Å²) >= 11 is 5.66. The molecule has 7 heteroatoms. The van der Waals surface area contributed by atoms with Crippen LogP contribution in [-0.4, -0.2) is 12.1 Å². The van der Waals surface area contributed by atoms with E-state index in [1.165, 1.54) is 18.2 Å². The largest absolute Gasteiger partial charge is 0.573 e. The fraction of sp³-hybridized carbons (Fsp3) is 0.0714. The van der Waals surface area contributed by atoms with Gasteiger partial charge >= 0.3 is 6.36 Å². The number of carbonyl (C=O) groups excluding carboxylic acids is 1. The van der Waals surface area contributed by atoms with E-state index in [4.69, 9.17) is 11.6 Å². The number of ketones is 1. The van der Waals surface area contributed by atoms with E-state index in [-0.39, 0.29) is 5.02 Å². The van der Waals surface area contributed by atoms with Gasteiger partial charge in [-0.15, -0.1) is 13.2 Å². The maximum absolute atomic E-state index is 13.6. The molecule has 2 aromatic carbocycles. The molecule has 0 bridgehead atoms. The zero-order valence-corrected chi connectivity index (χ0v) is 11.0. The van der Waals surface area contributed by atoms with Crippen molar-refractivity contribution in [3.05, 3.63) is 64.4 Å². The Morgan fingerprint density at radius 1 is 1.05 bits per heavy atom. The molecule has 2 aromatic rings. The summed E-state index contributed by atoms with van der Waals surface area (Å²) in [6.07, 6.45) is -4.96. The molecule has 0 fully saturated rings. The highest BCUT2D eigenvalue weighted by Crippen LogP contribution is 2.29. The highest BCUT2D eigenvalue weighted by Gasteiger charge is 2.33. The second-order valence-corrected chi connectivity index (χ2v) is 4.43. The van der Waals surface area contributed by atoms with Gasteiger partial charge < -0.3 is 4.74 Å². The van der Waals surface area contributed by atoms with Gasteiger partial charge in [-0.1, -0.05) is 23.7 Å². The quantitative estimate of drug-likeness (QED) is 0.610. The molecular weight excluding hydrogens is 312 g/mol. The first kappa shape index (κ1) is 15.3. The molecule has 0 spiro atoms. The monoisotopic (exact) mass is 318 g/mol. The summed E-state index contributed by atoms with van der Waals surface area (Å²) in [4.78, 5) is 12.2. The van der Waals surface area contributed by atoms with E-state index >= 15 is 0 Å². The van der Waals surface area contributed by atoms with Gasteiger partial charge in [-0.3, -0.25) is 4.79 Å². The van der Waals surface area contributed by atoms with E-state index < -0.39 is 34.8 Å². The molecule has 110 valence electrons. The molecule has 2 nitrogen and oxygen atoms in total. The molecular formula is C14H7ClF4O2. The van der Waals surface area contributed by atoms with Crippen molar-refractivity contribution >= 4 is 17.4 Å². The second kappa shape index (κ2) is 5.73. The van der Waals surface area contributed by atoms with Crippen LogP contribution in [0.25, 0.3) is 0 Å². The number of para-hydroxylation sites is 1. The predicted octanol–water partition coefficient (Wildman–Crippen LogP) is 4.61. The van der Waals surface area contributed by atoms with Gasteiger partial charge in [-0.25, -0.2) is 4.39 Å². The molecule has 0 aromatic heterocycles. The molecule has 0 saturated carbocycles. The Kier molecular flexibility index (Phi) is 4.18. The minimum atomic E-state index is -4.96. The van der Waals surface area contributed by atoms with Gasteiger partial charge in [0.25, 0.3) is 0 Å². The summed E-state index contributed by atoms with van der Waals surface area (Å²) in [5.74, 6) is -2.53. The number of carbonyl (C=O) groups is 1. The van der Waals surface area contributed by atoms with E-state index in [1.807, 2.05) is 0 Å². The van der Waals surface area contributed by atoms with Gasteiger partial charge in [0.2, 0.25) is 0 Å². The lowest BCUT2D eigenvalue weighted by Gasteiger charge is -2.12. The number of alkyl halides is 3. The summed E-state index contributed by atoms with van der Waals surface area (Å²) in [5, 5.41) is 0.0916. The van der Waals surface area contributed by atoms with Crippen LogP contribution in [0.3, 0.4) is 0 Å². The average molecular weight is 319 g/mol. The van der Waals surface area contributed by atoms with E-state index in [0.717, 1.165) is 24.3 Å². The van der Waals surface area contributed by atoms with E-state index in [0.29, 0.717) is 0 Å². The number of hydrogen-bond donors (Lipinski definition) is 0.